The second kappa shape index (κ2) is 9.69. The normalized spacial score (nSPS) is 17.3. The van der Waals surface area contributed by atoms with E-state index in [9.17, 15) is 12.8 Å². The summed E-state index contributed by atoms with van der Waals surface area (Å²) in [6.07, 6.45) is 0.388. The number of hydrogen-bond acceptors (Lipinski definition) is 7. The minimum atomic E-state index is -3.78. The summed E-state index contributed by atoms with van der Waals surface area (Å²) in [5, 5.41) is 0.457. The Bertz CT molecular complexity index is 1330. The van der Waals surface area contributed by atoms with Gasteiger partial charge in [-0.3, -0.25) is 0 Å². The van der Waals surface area contributed by atoms with E-state index in [1.54, 1.807) is 24.3 Å². The Balaban J connectivity index is 1.51. The number of anilines is 1. The van der Waals surface area contributed by atoms with E-state index in [0.717, 1.165) is 26.2 Å². The Morgan fingerprint density at radius 3 is 2.40 bits per heavy atom. The van der Waals surface area contributed by atoms with Crippen LogP contribution in [0.4, 0.5) is 10.3 Å². The van der Waals surface area contributed by atoms with Crippen molar-refractivity contribution in [2.24, 2.45) is 0 Å². The number of likely N-dealkylation sites (N-methyl/N-ethyl adjacent to an activating group) is 1. The highest BCUT2D eigenvalue weighted by molar-refractivity contribution is 7.89. The maximum Gasteiger partial charge on any atom is 0.243 e. The zero-order chi connectivity index (χ0) is 24.6. The first-order valence-corrected chi connectivity index (χ1v) is 13.1. The van der Waals surface area contributed by atoms with Crippen LogP contribution in [-0.4, -0.2) is 67.4 Å². The number of para-hydroxylation sites is 1. The van der Waals surface area contributed by atoms with Gasteiger partial charge in [0, 0.05) is 50.7 Å². The van der Waals surface area contributed by atoms with E-state index >= 15 is 0 Å². The summed E-state index contributed by atoms with van der Waals surface area (Å²) in [5.41, 5.74) is 1.25. The van der Waals surface area contributed by atoms with Crippen molar-refractivity contribution in [3.8, 4) is 11.6 Å². The summed E-state index contributed by atoms with van der Waals surface area (Å²) in [5.74, 6) is 0.181. The maximum atomic E-state index is 14.4. The average Bonchev–Trinajstić information content (AvgIpc) is 2.86. The first kappa shape index (κ1) is 23.9. The summed E-state index contributed by atoms with van der Waals surface area (Å²) in [6, 6.07) is 12.1. The minimum Gasteiger partial charge on any atom is -0.435 e. The highest BCUT2D eigenvalue weighted by atomic mass is 35.5. The van der Waals surface area contributed by atoms with Gasteiger partial charge in [0.2, 0.25) is 21.9 Å². The smallest absolute Gasteiger partial charge is 0.243 e. The van der Waals surface area contributed by atoms with Crippen LogP contribution < -0.4 is 9.64 Å². The number of piperazine rings is 1. The van der Waals surface area contributed by atoms with Gasteiger partial charge in [0.25, 0.3) is 0 Å². The number of hydrogen-bond donors (Lipinski definition) is 0. The number of sulfonamides is 1. The molecule has 0 amide bonds. The molecule has 0 unspecified atom stereocenters. The fourth-order valence-electron chi connectivity index (χ4n) is 4.17. The summed E-state index contributed by atoms with van der Waals surface area (Å²) < 4.78 is 48.3. The van der Waals surface area contributed by atoms with Crippen LogP contribution in [0, 0.1) is 5.82 Å². The lowest BCUT2D eigenvalue weighted by molar-refractivity contribution is 0.309. The van der Waals surface area contributed by atoms with E-state index in [0.29, 0.717) is 28.6 Å². The molecule has 3 heterocycles. The SMILES string of the molecule is CN1CCN(c2nc3c(c(Oc4ccccc4F)n2)CN(S(=O)(=O)c2ccc(Cl)cc2)CC3)CC1. The van der Waals surface area contributed by atoms with Crippen molar-refractivity contribution < 1.29 is 17.5 Å². The molecule has 1 aromatic heterocycles. The van der Waals surface area contributed by atoms with Gasteiger partial charge in [0.05, 0.1) is 16.2 Å². The first-order valence-electron chi connectivity index (χ1n) is 11.3. The van der Waals surface area contributed by atoms with Crippen molar-refractivity contribution in [2.45, 2.75) is 17.9 Å². The molecule has 2 aliphatic heterocycles. The molecule has 0 atom stereocenters. The number of rotatable bonds is 5. The van der Waals surface area contributed by atoms with Crippen molar-refractivity contribution in [1.29, 1.82) is 0 Å². The Labute approximate surface area is 209 Å². The zero-order valence-electron chi connectivity index (χ0n) is 19.2. The first-order chi connectivity index (χ1) is 16.8. The van der Waals surface area contributed by atoms with Crippen molar-refractivity contribution in [3.63, 3.8) is 0 Å². The van der Waals surface area contributed by atoms with Gasteiger partial charge < -0.3 is 14.5 Å². The second-order valence-corrected chi connectivity index (χ2v) is 11.0. The van der Waals surface area contributed by atoms with Crippen molar-refractivity contribution in [1.82, 2.24) is 19.2 Å². The van der Waals surface area contributed by atoms with E-state index in [2.05, 4.69) is 21.8 Å². The van der Waals surface area contributed by atoms with E-state index < -0.39 is 15.8 Å². The predicted molar refractivity (Wildman–Crippen MR) is 131 cm³/mol. The third kappa shape index (κ3) is 4.97. The maximum absolute atomic E-state index is 14.4. The van der Waals surface area contributed by atoms with Crippen LogP contribution >= 0.6 is 11.6 Å². The van der Waals surface area contributed by atoms with Gasteiger partial charge >= 0.3 is 0 Å². The van der Waals surface area contributed by atoms with Gasteiger partial charge in [-0.2, -0.15) is 9.29 Å². The molecule has 2 aromatic carbocycles. The number of aromatic nitrogens is 2. The topological polar surface area (TPSA) is 78.9 Å². The molecular formula is C24H25ClFN5O3S. The van der Waals surface area contributed by atoms with Crippen LogP contribution in [0.15, 0.2) is 53.4 Å². The number of fused-ring (bicyclic) bond motifs is 1. The van der Waals surface area contributed by atoms with Crippen LogP contribution in [0.3, 0.4) is 0 Å². The van der Waals surface area contributed by atoms with Crippen LogP contribution in [0.5, 0.6) is 11.6 Å². The van der Waals surface area contributed by atoms with Crippen molar-refractivity contribution >= 4 is 27.6 Å². The molecule has 1 saturated heterocycles. The third-order valence-electron chi connectivity index (χ3n) is 6.26. The van der Waals surface area contributed by atoms with E-state index in [-0.39, 0.29) is 29.6 Å². The average molecular weight is 518 g/mol. The number of nitrogens with zero attached hydrogens (tertiary/aromatic N) is 5. The molecule has 0 bridgehead atoms. The Morgan fingerprint density at radius 1 is 0.971 bits per heavy atom. The summed E-state index contributed by atoms with van der Waals surface area (Å²) >= 11 is 5.93. The fourth-order valence-corrected chi connectivity index (χ4v) is 5.71. The summed E-state index contributed by atoms with van der Waals surface area (Å²) in [7, 11) is -1.72. The fraction of sp³-hybridized carbons (Fsp3) is 0.333. The van der Waals surface area contributed by atoms with Crippen LogP contribution in [-0.2, 0) is 23.0 Å². The lowest BCUT2D eigenvalue weighted by Gasteiger charge is -2.34. The van der Waals surface area contributed by atoms with Crippen molar-refractivity contribution in [2.75, 3.05) is 44.7 Å². The molecule has 0 radical (unpaired) electrons. The van der Waals surface area contributed by atoms with E-state index in [4.69, 9.17) is 21.3 Å². The molecule has 1 fully saturated rings. The van der Waals surface area contributed by atoms with Crippen molar-refractivity contribution in [3.05, 3.63) is 70.6 Å². The molecule has 3 aromatic rings. The molecule has 184 valence electrons. The van der Waals surface area contributed by atoms with Crippen LogP contribution in [0.25, 0.3) is 0 Å². The Morgan fingerprint density at radius 2 is 1.69 bits per heavy atom. The molecule has 0 saturated carbocycles. The molecule has 0 aliphatic carbocycles. The Hall–Kier alpha value is -2.79. The quantitative estimate of drug-likeness (QED) is 0.512. The van der Waals surface area contributed by atoms with E-state index in [1.807, 2.05) is 0 Å². The van der Waals surface area contributed by atoms with Gasteiger partial charge in [-0.05, 0) is 43.4 Å². The lowest BCUT2D eigenvalue weighted by atomic mass is 10.1. The number of ether oxygens (including phenoxy) is 1. The summed E-state index contributed by atoms with van der Waals surface area (Å²) in [6.45, 7) is 3.54. The predicted octanol–water partition coefficient (Wildman–Crippen LogP) is 3.56. The molecule has 11 heteroatoms. The van der Waals surface area contributed by atoms with Gasteiger partial charge in [0.15, 0.2) is 11.6 Å². The number of benzene rings is 2. The monoisotopic (exact) mass is 517 g/mol. The molecule has 8 nitrogen and oxygen atoms in total. The van der Waals surface area contributed by atoms with Gasteiger partial charge in [0.1, 0.15) is 0 Å². The minimum absolute atomic E-state index is 0.0209. The lowest BCUT2D eigenvalue weighted by Crippen LogP contribution is -2.45. The highest BCUT2D eigenvalue weighted by Crippen LogP contribution is 2.34. The molecule has 0 spiro atoms. The molecule has 35 heavy (non-hydrogen) atoms. The second-order valence-electron chi connectivity index (χ2n) is 8.62. The van der Waals surface area contributed by atoms with Gasteiger partial charge in [-0.25, -0.2) is 17.8 Å². The van der Waals surface area contributed by atoms with E-state index in [1.165, 1.54) is 28.6 Å². The molecule has 2 aliphatic rings. The largest absolute Gasteiger partial charge is 0.435 e. The van der Waals surface area contributed by atoms with Gasteiger partial charge in [-0.15, -0.1) is 0 Å². The highest BCUT2D eigenvalue weighted by Gasteiger charge is 2.33. The third-order valence-corrected chi connectivity index (χ3v) is 8.37. The Kier molecular flexibility index (Phi) is 6.63. The zero-order valence-corrected chi connectivity index (χ0v) is 20.8. The van der Waals surface area contributed by atoms with Crippen LogP contribution in [0.2, 0.25) is 5.02 Å². The van der Waals surface area contributed by atoms with Crippen LogP contribution in [0.1, 0.15) is 11.3 Å². The summed E-state index contributed by atoms with van der Waals surface area (Å²) in [4.78, 5) is 13.9. The molecule has 0 N–H and O–H groups in total. The number of halogens is 2. The molecular weight excluding hydrogens is 493 g/mol. The molecule has 5 rings (SSSR count). The standard InChI is InChI=1S/C24H25ClFN5O3S/c1-29-12-14-30(15-13-29)24-27-21-10-11-31(35(32,33)18-8-6-17(25)7-9-18)16-19(21)23(28-24)34-22-5-3-2-4-20(22)26/h2-9H,10-16H2,1H3. The van der Waals surface area contributed by atoms with Gasteiger partial charge in [-0.1, -0.05) is 23.7 Å².